The maximum absolute atomic E-state index is 11.6. The van der Waals surface area contributed by atoms with E-state index in [-0.39, 0.29) is 11.9 Å². The maximum Gasteiger partial charge on any atom is 0.333 e. The lowest BCUT2D eigenvalue weighted by atomic mass is 10.2. The first kappa shape index (κ1) is 15.7. The van der Waals surface area contributed by atoms with E-state index >= 15 is 0 Å². The van der Waals surface area contributed by atoms with Gasteiger partial charge in [0, 0.05) is 31.5 Å². The first-order chi connectivity index (χ1) is 9.36. The summed E-state index contributed by atoms with van der Waals surface area (Å²) < 4.78 is 0. The van der Waals surface area contributed by atoms with Crippen LogP contribution < -0.4 is 16.1 Å². The summed E-state index contributed by atoms with van der Waals surface area (Å²) >= 11 is 0. The van der Waals surface area contributed by atoms with Gasteiger partial charge in [-0.15, -0.1) is 0 Å². The van der Waals surface area contributed by atoms with Gasteiger partial charge < -0.3 is 10.6 Å². The van der Waals surface area contributed by atoms with Crippen LogP contribution >= 0.6 is 0 Å². The lowest BCUT2D eigenvalue weighted by Crippen LogP contribution is -2.39. The molecule has 0 spiro atoms. The van der Waals surface area contributed by atoms with Crippen LogP contribution in [0.2, 0.25) is 0 Å². The van der Waals surface area contributed by atoms with Crippen LogP contribution in [-0.2, 0) is 4.79 Å². The summed E-state index contributed by atoms with van der Waals surface area (Å²) in [7, 11) is 3.44. The molecular formula is C14H20N4O2. The van der Waals surface area contributed by atoms with Gasteiger partial charge >= 0.3 is 6.03 Å². The van der Waals surface area contributed by atoms with Gasteiger partial charge in [0.1, 0.15) is 0 Å². The summed E-state index contributed by atoms with van der Waals surface area (Å²) in [6.07, 6.45) is 1.51. The Balaban J connectivity index is 2.69. The van der Waals surface area contributed by atoms with E-state index in [4.69, 9.17) is 0 Å². The van der Waals surface area contributed by atoms with Crippen LogP contribution in [0.3, 0.4) is 0 Å². The Morgan fingerprint density at radius 1 is 1.10 bits per heavy atom. The van der Waals surface area contributed by atoms with E-state index in [9.17, 15) is 9.59 Å². The molecule has 20 heavy (non-hydrogen) atoms. The highest BCUT2D eigenvalue weighted by atomic mass is 16.2. The number of carbonyl (C=O) groups excluding carboxylic acids is 2. The predicted octanol–water partition coefficient (Wildman–Crippen LogP) is 2.19. The van der Waals surface area contributed by atoms with E-state index in [0.717, 1.165) is 5.57 Å². The van der Waals surface area contributed by atoms with Gasteiger partial charge in [0.2, 0.25) is 5.91 Å². The molecule has 3 amide bonds. The fourth-order valence-electron chi connectivity index (χ4n) is 1.48. The van der Waals surface area contributed by atoms with Crippen LogP contribution in [0.5, 0.6) is 0 Å². The van der Waals surface area contributed by atoms with Gasteiger partial charge in [-0.05, 0) is 32.0 Å². The van der Waals surface area contributed by atoms with Crippen LogP contribution in [0.25, 0.3) is 0 Å². The lowest BCUT2D eigenvalue weighted by molar-refractivity contribution is -0.111. The zero-order valence-corrected chi connectivity index (χ0v) is 12.2. The summed E-state index contributed by atoms with van der Waals surface area (Å²) in [5.41, 5.74) is 4.70. The molecule has 0 saturated heterocycles. The third kappa shape index (κ3) is 6.01. The molecule has 0 fully saturated rings. The number of carbonyl (C=O) groups is 2. The molecule has 0 aliphatic rings. The van der Waals surface area contributed by atoms with Crippen molar-refractivity contribution in [3.63, 3.8) is 0 Å². The van der Waals surface area contributed by atoms with Crippen LogP contribution in [0, 0.1) is 0 Å². The summed E-state index contributed by atoms with van der Waals surface area (Å²) in [6.45, 7) is 3.70. The van der Waals surface area contributed by atoms with Crippen LogP contribution in [0.1, 0.15) is 13.8 Å². The topological polar surface area (TPSA) is 73.5 Å². The average Bonchev–Trinajstić information content (AvgIpc) is 2.26. The minimum absolute atomic E-state index is 0.195. The molecule has 1 rings (SSSR count). The third-order valence-electron chi connectivity index (χ3n) is 2.13. The number of anilines is 2. The second kappa shape index (κ2) is 7.30. The molecule has 0 radical (unpaired) electrons. The number of rotatable bonds is 4. The molecule has 0 unspecified atom stereocenters. The highest BCUT2D eigenvalue weighted by Crippen LogP contribution is 2.15. The average molecular weight is 276 g/mol. The fourth-order valence-corrected chi connectivity index (χ4v) is 1.48. The Hall–Kier alpha value is -2.34. The SMILES string of the molecule is CC(C)=CC(=O)Nc1cccc(NC(=O)NN(C)C)c1. The molecule has 1 aromatic carbocycles. The van der Waals surface area contributed by atoms with Crippen molar-refractivity contribution >= 4 is 23.3 Å². The van der Waals surface area contributed by atoms with E-state index < -0.39 is 0 Å². The van der Waals surface area contributed by atoms with Gasteiger partial charge in [0.25, 0.3) is 0 Å². The van der Waals surface area contributed by atoms with E-state index in [1.54, 1.807) is 38.4 Å². The number of hydrazine groups is 1. The van der Waals surface area contributed by atoms with Crippen molar-refractivity contribution in [1.82, 2.24) is 10.4 Å². The Morgan fingerprint density at radius 3 is 2.25 bits per heavy atom. The summed E-state index contributed by atoms with van der Waals surface area (Å²) in [6, 6.07) is 6.59. The summed E-state index contributed by atoms with van der Waals surface area (Å²) in [5.74, 6) is -0.195. The molecule has 6 heteroatoms. The number of nitrogens with one attached hydrogen (secondary N) is 3. The van der Waals surface area contributed by atoms with Crippen LogP contribution in [-0.4, -0.2) is 31.0 Å². The largest absolute Gasteiger partial charge is 0.333 e. The van der Waals surface area contributed by atoms with Gasteiger partial charge in [0.15, 0.2) is 0 Å². The van der Waals surface area contributed by atoms with Crippen molar-refractivity contribution in [1.29, 1.82) is 0 Å². The van der Waals surface area contributed by atoms with Crippen molar-refractivity contribution in [2.24, 2.45) is 0 Å². The van der Waals surface area contributed by atoms with Gasteiger partial charge in [-0.3, -0.25) is 10.2 Å². The maximum atomic E-state index is 11.6. The number of amides is 3. The molecule has 0 aliphatic heterocycles. The molecule has 0 heterocycles. The number of benzene rings is 1. The number of allylic oxidation sites excluding steroid dienone is 1. The first-order valence-corrected chi connectivity index (χ1v) is 6.17. The molecule has 6 nitrogen and oxygen atoms in total. The predicted molar refractivity (Wildman–Crippen MR) is 80.3 cm³/mol. The third-order valence-corrected chi connectivity index (χ3v) is 2.13. The monoisotopic (exact) mass is 276 g/mol. The molecule has 0 aromatic heterocycles. The van der Waals surface area contributed by atoms with E-state index in [0.29, 0.717) is 11.4 Å². The molecule has 0 aliphatic carbocycles. The standard InChI is InChI=1S/C14H20N4O2/c1-10(2)8-13(19)15-11-6-5-7-12(9-11)16-14(20)17-18(3)4/h5-9H,1-4H3,(H,15,19)(H2,16,17,20). The van der Waals surface area contributed by atoms with Crippen LogP contribution in [0.15, 0.2) is 35.9 Å². The Bertz CT molecular complexity index is 520. The fraction of sp³-hybridized carbons (Fsp3) is 0.286. The van der Waals surface area contributed by atoms with Crippen molar-refractivity contribution < 1.29 is 9.59 Å². The molecule has 1 aromatic rings. The minimum atomic E-state index is -0.345. The van der Waals surface area contributed by atoms with Crippen molar-refractivity contribution in [2.75, 3.05) is 24.7 Å². The quantitative estimate of drug-likeness (QED) is 0.583. The zero-order chi connectivity index (χ0) is 15.1. The Labute approximate surface area is 118 Å². The zero-order valence-electron chi connectivity index (χ0n) is 12.2. The smallest absolute Gasteiger partial charge is 0.322 e. The van der Waals surface area contributed by atoms with E-state index in [1.165, 1.54) is 11.1 Å². The van der Waals surface area contributed by atoms with Gasteiger partial charge in [-0.2, -0.15) is 0 Å². The normalized spacial score (nSPS) is 9.85. The lowest BCUT2D eigenvalue weighted by Gasteiger charge is -2.13. The van der Waals surface area contributed by atoms with Crippen molar-refractivity contribution in [3.8, 4) is 0 Å². The first-order valence-electron chi connectivity index (χ1n) is 6.17. The number of hydrogen-bond donors (Lipinski definition) is 3. The second-order valence-electron chi connectivity index (χ2n) is 4.75. The van der Waals surface area contributed by atoms with Crippen LogP contribution in [0.4, 0.5) is 16.2 Å². The number of hydrogen-bond acceptors (Lipinski definition) is 3. The molecule has 108 valence electrons. The van der Waals surface area contributed by atoms with Gasteiger partial charge in [-0.25, -0.2) is 9.80 Å². The molecule has 0 saturated carbocycles. The molecular weight excluding hydrogens is 256 g/mol. The van der Waals surface area contributed by atoms with Crippen molar-refractivity contribution in [2.45, 2.75) is 13.8 Å². The molecule has 0 bridgehead atoms. The summed E-state index contributed by atoms with van der Waals surface area (Å²) in [5, 5.41) is 6.94. The van der Waals surface area contributed by atoms with Gasteiger partial charge in [-0.1, -0.05) is 11.6 Å². The summed E-state index contributed by atoms with van der Waals surface area (Å²) in [4.78, 5) is 23.1. The Morgan fingerprint density at radius 2 is 1.70 bits per heavy atom. The molecule has 0 atom stereocenters. The van der Waals surface area contributed by atoms with E-state index in [2.05, 4.69) is 16.1 Å². The highest BCUT2D eigenvalue weighted by molar-refractivity contribution is 6.00. The molecule has 3 N–H and O–H groups in total. The second-order valence-corrected chi connectivity index (χ2v) is 4.75. The highest BCUT2D eigenvalue weighted by Gasteiger charge is 2.04. The van der Waals surface area contributed by atoms with E-state index in [1.807, 2.05) is 13.8 Å². The number of urea groups is 1. The van der Waals surface area contributed by atoms with Crippen molar-refractivity contribution in [3.05, 3.63) is 35.9 Å². The number of nitrogens with zero attached hydrogens (tertiary/aromatic N) is 1. The van der Waals surface area contributed by atoms with Gasteiger partial charge in [0.05, 0.1) is 0 Å². The Kier molecular flexibility index (Phi) is 5.74. The minimum Gasteiger partial charge on any atom is -0.322 e.